The molecule has 1 heteroatoms. The van der Waals surface area contributed by atoms with Crippen LogP contribution < -0.4 is 5.32 Å². The molecule has 0 aliphatic heterocycles. The number of rotatable bonds is 9. The molecule has 2 rings (SSSR count). The smallest absolute Gasteiger partial charge is 0.0381 e. The second-order valence-corrected chi connectivity index (χ2v) is 6.64. The molecule has 0 heterocycles. The zero-order valence-electron chi connectivity index (χ0n) is 15.7. The van der Waals surface area contributed by atoms with Crippen molar-refractivity contribution in [2.75, 3.05) is 5.32 Å². The Morgan fingerprint density at radius 1 is 1.08 bits per heavy atom. The number of hydrogen-bond donors (Lipinski definition) is 1. The topological polar surface area (TPSA) is 12.0 Å². The summed E-state index contributed by atoms with van der Waals surface area (Å²) in [4.78, 5) is 0. The summed E-state index contributed by atoms with van der Waals surface area (Å²) >= 11 is 0. The molecule has 1 aliphatic carbocycles. The predicted molar refractivity (Wildman–Crippen MR) is 112 cm³/mol. The highest BCUT2D eigenvalue weighted by atomic mass is 14.9. The van der Waals surface area contributed by atoms with Crippen molar-refractivity contribution < 1.29 is 0 Å². The first-order valence-electron chi connectivity index (χ1n) is 9.42. The average Bonchev–Trinajstić information content (AvgIpc) is 2.65. The third-order valence-electron chi connectivity index (χ3n) is 4.74. The normalized spacial score (nSPS) is 15.9. The molecular formula is C24H31N. The number of nitrogens with one attached hydrogen (secondary N) is 1. The van der Waals surface area contributed by atoms with Crippen molar-refractivity contribution in [3.63, 3.8) is 0 Å². The fourth-order valence-corrected chi connectivity index (χ4v) is 3.03. The van der Waals surface area contributed by atoms with Crippen LogP contribution in [0.4, 0.5) is 5.69 Å². The van der Waals surface area contributed by atoms with E-state index in [4.69, 9.17) is 0 Å². The molecule has 0 bridgehead atoms. The predicted octanol–water partition coefficient (Wildman–Crippen LogP) is 6.98. The van der Waals surface area contributed by atoms with Crippen molar-refractivity contribution in [2.45, 2.75) is 46.0 Å². The van der Waals surface area contributed by atoms with Crippen molar-refractivity contribution in [1.82, 2.24) is 0 Å². The van der Waals surface area contributed by atoms with Crippen LogP contribution in [0.1, 0.15) is 45.1 Å². The lowest BCUT2D eigenvalue weighted by molar-refractivity contribution is 0.591. The van der Waals surface area contributed by atoms with Crippen molar-refractivity contribution in [3.8, 4) is 0 Å². The second kappa shape index (κ2) is 10.6. The summed E-state index contributed by atoms with van der Waals surface area (Å²) in [5, 5.41) is 3.55. The summed E-state index contributed by atoms with van der Waals surface area (Å²) in [6, 6.07) is 8.75. The molecule has 0 aromatic heterocycles. The molecular weight excluding hydrogens is 302 g/mol. The fraction of sp³-hybridized carbons (Fsp3) is 0.333. The molecule has 1 N–H and O–H groups in total. The highest BCUT2D eigenvalue weighted by molar-refractivity contribution is 5.50. The highest BCUT2D eigenvalue weighted by Crippen LogP contribution is 2.28. The lowest BCUT2D eigenvalue weighted by Gasteiger charge is -2.21. The first kappa shape index (κ1) is 19.1. The van der Waals surface area contributed by atoms with Crippen LogP contribution in [-0.4, -0.2) is 0 Å². The van der Waals surface area contributed by atoms with Crippen LogP contribution in [0.5, 0.6) is 0 Å². The largest absolute Gasteiger partial charge is 0.359 e. The monoisotopic (exact) mass is 333 g/mol. The van der Waals surface area contributed by atoms with Gasteiger partial charge in [-0.3, -0.25) is 0 Å². The third kappa shape index (κ3) is 6.62. The number of benzene rings is 1. The van der Waals surface area contributed by atoms with Crippen LogP contribution in [0.25, 0.3) is 0 Å². The van der Waals surface area contributed by atoms with Gasteiger partial charge < -0.3 is 5.32 Å². The van der Waals surface area contributed by atoms with Gasteiger partial charge in [-0.05, 0) is 61.8 Å². The Labute approximate surface area is 153 Å². The minimum Gasteiger partial charge on any atom is -0.359 e. The van der Waals surface area contributed by atoms with E-state index < -0.39 is 0 Å². The van der Waals surface area contributed by atoms with Gasteiger partial charge in [0, 0.05) is 11.4 Å². The molecule has 0 saturated heterocycles. The van der Waals surface area contributed by atoms with Gasteiger partial charge in [-0.2, -0.15) is 0 Å². The van der Waals surface area contributed by atoms with Crippen molar-refractivity contribution in [2.24, 2.45) is 5.92 Å². The zero-order chi connectivity index (χ0) is 17.9. The minimum atomic E-state index is 0.648. The van der Waals surface area contributed by atoms with Crippen LogP contribution >= 0.6 is 0 Å². The summed E-state index contributed by atoms with van der Waals surface area (Å²) in [6.07, 6.45) is 20.4. The fourth-order valence-electron chi connectivity index (χ4n) is 3.03. The molecule has 0 spiro atoms. The maximum absolute atomic E-state index is 3.67. The average molecular weight is 334 g/mol. The molecule has 1 aromatic rings. The van der Waals surface area contributed by atoms with Gasteiger partial charge >= 0.3 is 0 Å². The number of allylic oxidation sites excluding steroid dienone is 9. The molecule has 132 valence electrons. The van der Waals surface area contributed by atoms with Crippen LogP contribution in [0.2, 0.25) is 0 Å². The highest BCUT2D eigenvalue weighted by Gasteiger charge is 2.12. The van der Waals surface area contributed by atoms with E-state index in [1.807, 2.05) is 12.2 Å². The Hall–Kier alpha value is -2.28. The maximum Gasteiger partial charge on any atom is 0.0381 e. The summed E-state index contributed by atoms with van der Waals surface area (Å²) in [6.45, 7) is 8.20. The van der Waals surface area contributed by atoms with Gasteiger partial charge in [0.1, 0.15) is 0 Å². The van der Waals surface area contributed by atoms with E-state index in [1.54, 1.807) is 11.6 Å². The maximum atomic E-state index is 3.67. The number of hydrogen-bond acceptors (Lipinski definition) is 1. The van der Waals surface area contributed by atoms with E-state index in [9.17, 15) is 0 Å². The van der Waals surface area contributed by atoms with Gasteiger partial charge in [0.25, 0.3) is 0 Å². The van der Waals surface area contributed by atoms with Gasteiger partial charge in [-0.1, -0.05) is 74.6 Å². The van der Waals surface area contributed by atoms with Gasteiger partial charge in [0.2, 0.25) is 0 Å². The zero-order valence-corrected chi connectivity index (χ0v) is 15.7. The van der Waals surface area contributed by atoms with Gasteiger partial charge in [-0.15, -0.1) is 0 Å². The van der Waals surface area contributed by atoms with E-state index in [0.29, 0.717) is 5.92 Å². The second-order valence-electron chi connectivity index (χ2n) is 6.64. The first-order chi connectivity index (χ1) is 12.2. The molecule has 1 nitrogen and oxygen atoms in total. The summed E-state index contributed by atoms with van der Waals surface area (Å²) in [5.74, 6) is 0.648. The Kier molecular flexibility index (Phi) is 8.04. The lowest BCUT2D eigenvalue weighted by atomic mass is 9.89. The molecule has 25 heavy (non-hydrogen) atoms. The first-order valence-corrected chi connectivity index (χ1v) is 9.42. The Morgan fingerprint density at radius 2 is 1.88 bits per heavy atom. The van der Waals surface area contributed by atoms with Crippen LogP contribution in [0.3, 0.4) is 0 Å². The van der Waals surface area contributed by atoms with Crippen molar-refractivity contribution >= 4 is 5.69 Å². The SMILES string of the molecule is C=C/C=C\C=C/CCC(C)C1=CC=C(Nc2ccc(CC)cc2)CC1. The molecule has 0 saturated carbocycles. The van der Waals surface area contributed by atoms with Gasteiger partial charge in [-0.25, -0.2) is 0 Å². The summed E-state index contributed by atoms with van der Waals surface area (Å²) in [5.41, 5.74) is 5.45. The van der Waals surface area contributed by atoms with Crippen LogP contribution in [0.15, 0.2) is 84.6 Å². The third-order valence-corrected chi connectivity index (χ3v) is 4.74. The Morgan fingerprint density at radius 3 is 2.52 bits per heavy atom. The van der Waals surface area contributed by atoms with Gasteiger partial charge in [0.15, 0.2) is 0 Å². The van der Waals surface area contributed by atoms with E-state index in [0.717, 1.165) is 25.7 Å². The van der Waals surface area contributed by atoms with E-state index in [1.165, 1.54) is 23.4 Å². The number of anilines is 1. The molecule has 1 aliphatic rings. The number of aryl methyl sites for hydroxylation is 1. The molecule has 0 amide bonds. The molecule has 1 unspecified atom stereocenters. The summed E-state index contributed by atoms with van der Waals surface area (Å²) < 4.78 is 0. The Bertz CT molecular complexity index is 656. The van der Waals surface area contributed by atoms with Crippen molar-refractivity contribution in [1.29, 1.82) is 0 Å². The summed E-state index contributed by atoms with van der Waals surface area (Å²) in [7, 11) is 0. The van der Waals surface area contributed by atoms with E-state index in [-0.39, 0.29) is 0 Å². The molecule has 1 atom stereocenters. The molecule has 0 radical (unpaired) electrons. The standard InChI is InChI=1S/C24H31N/c1-4-6-7-8-9-10-11-20(3)22-14-18-24(19-15-22)25-23-16-12-21(5-2)13-17-23/h4,6-9,12-14,16-18,20,25H,1,5,10-11,15,19H2,2-3H3/b7-6-,9-8-. The van der Waals surface area contributed by atoms with Gasteiger partial charge in [0.05, 0.1) is 0 Å². The lowest BCUT2D eigenvalue weighted by Crippen LogP contribution is -2.07. The minimum absolute atomic E-state index is 0.648. The van der Waals surface area contributed by atoms with E-state index in [2.05, 4.69) is 74.3 Å². The van der Waals surface area contributed by atoms with Crippen LogP contribution in [-0.2, 0) is 6.42 Å². The van der Waals surface area contributed by atoms with Crippen LogP contribution in [0, 0.1) is 5.92 Å². The molecule has 0 fully saturated rings. The quantitative estimate of drug-likeness (QED) is 0.481. The molecule has 1 aromatic carbocycles. The van der Waals surface area contributed by atoms with Crippen molar-refractivity contribution in [3.05, 3.63) is 90.2 Å². The van der Waals surface area contributed by atoms with E-state index >= 15 is 0 Å². The Balaban J connectivity index is 1.83.